The normalized spacial score (nSPS) is 14.8. The molecule has 0 radical (unpaired) electrons. The predicted molar refractivity (Wildman–Crippen MR) is 179 cm³/mol. The standard InChI is InChI=1S/C30H46N8O17/c39-15-18(41)29(53)28(52)17(40)9-32-19(42)5-7-55-8-6-31-20(43)10-33-21(44)11-34-22(45)12-35-23(46)13-36-30(54)16(1-4-27(50)51)37-24(47)14-38-25(48)2-3-26(38)49/h2-3,16-18,28-29,39-41,52-53H,1,4-15H2,(H,31,43)(H,32,42)(H,33,44)(H,34,45)(H,35,46)(H,36,54)(H,37,47)(H,50,51)/t16-,17-,18+,28+,29+/m0/s1. The van der Waals surface area contributed by atoms with Crippen molar-refractivity contribution in [1.29, 1.82) is 0 Å². The van der Waals surface area contributed by atoms with E-state index in [2.05, 4.69) is 37.2 Å². The Morgan fingerprint density at radius 3 is 1.67 bits per heavy atom. The number of amides is 9. The molecule has 25 nitrogen and oxygen atoms in total. The van der Waals surface area contributed by atoms with E-state index in [0.29, 0.717) is 4.90 Å². The van der Waals surface area contributed by atoms with Crippen molar-refractivity contribution in [3.8, 4) is 0 Å². The molecule has 5 atom stereocenters. The maximum absolute atomic E-state index is 12.5. The fourth-order valence-electron chi connectivity index (χ4n) is 4.10. The first-order valence-electron chi connectivity index (χ1n) is 16.5. The van der Waals surface area contributed by atoms with Gasteiger partial charge in [-0.3, -0.25) is 52.8 Å². The van der Waals surface area contributed by atoms with Crippen LogP contribution in [0, 0.1) is 0 Å². The highest BCUT2D eigenvalue weighted by Crippen LogP contribution is 2.05. The highest BCUT2D eigenvalue weighted by atomic mass is 16.5. The molecular weight excluding hydrogens is 744 g/mol. The van der Waals surface area contributed by atoms with E-state index in [1.807, 2.05) is 0 Å². The van der Waals surface area contributed by atoms with Crippen LogP contribution in [-0.2, 0) is 52.7 Å². The van der Waals surface area contributed by atoms with Gasteiger partial charge in [-0.2, -0.15) is 0 Å². The fourth-order valence-corrected chi connectivity index (χ4v) is 4.10. The number of carbonyl (C=O) groups excluding carboxylic acids is 9. The minimum atomic E-state index is -1.84. The lowest BCUT2D eigenvalue weighted by molar-refractivity contribution is -0.141. The van der Waals surface area contributed by atoms with Crippen LogP contribution in [0.25, 0.3) is 0 Å². The van der Waals surface area contributed by atoms with Gasteiger partial charge in [0.15, 0.2) is 0 Å². The topological polar surface area (TPSA) is 389 Å². The van der Waals surface area contributed by atoms with E-state index in [1.54, 1.807) is 0 Å². The SMILES string of the molecule is O=C(O)CC[C@H](NC(=O)CN1C(=O)C=CC1=O)C(=O)NCC(=O)NCC(=O)NCC(=O)NCC(=O)NCCOCCC(=O)NC[C@H](O)[C@@H](O)[C@H](O)[C@H](O)CO. The average Bonchev–Trinajstić information content (AvgIpc) is 3.47. The molecule has 0 aliphatic carbocycles. The third-order valence-corrected chi connectivity index (χ3v) is 7.14. The van der Waals surface area contributed by atoms with E-state index in [1.165, 1.54) is 0 Å². The molecule has 1 heterocycles. The van der Waals surface area contributed by atoms with Crippen molar-refractivity contribution in [2.75, 3.05) is 65.6 Å². The van der Waals surface area contributed by atoms with Gasteiger partial charge in [0.2, 0.25) is 41.4 Å². The van der Waals surface area contributed by atoms with Gasteiger partial charge in [-0.05, 0) is 6.42 Å². The summed E-state index contributed by atoms with van der Waals surface area (Å²) in [6.45, 7) is -4.50. The molecule has 0 saturated heterocycles. The van der Waals surface area contributed by atoms with Crippen LogP contribution < -0.4 is 37.2 Å². The van der Waals surface area contributed by atoms with Gasteiger partial charge in [0.25, 0.3) is 11.8 Å². The molecular formula is C30H46N8O17. The van der Waals surface area contributed by atoms with Gasteiger partial charge in [0, 0.05) is 38.1 Å². The zero-order valence-corrected chi connectivity index (χ0v) is 29.4. The lowest BCUT2D eigenvalue weighted by atomic mass is 10.0. The number of aliphatic carboxylic acids is 1. The Morgan fingerprint density at radius 2 is 1.15 bits per heavy atom. The van der Waals surface area contributed by atoms with Crippen LogP contribution in [0.4, 0.5) is 0 Å². The number of rotatable bonds is 27. The summed E-state index contributed by atoms with van der Waals surface area (Å²) in [4.78, 5) is 119. The summed E-state index contributed by atoms with van der Waals surface area (Å²) in [7, 11) is 0. The summed E-state index contributed by atoms with van der Waals surface area (Å²) in [5, 5.41) is 71.7. The first-order chi connectivity index (χ1) is 25.9. The minimum Gasteiger partial charge on any atom is -0.481 e. The van der Waals surface area contributed by atoms with Gasteiger partial charge < -0.3 is 72.6 Å². The Morgan fingerprint density at radius 1 is 0.636 bits per heavy atom. The Balaban J connectivity index is 2.22. The van der Waals surface area contributed by atoms with Gasteiger partial charge in [0.05, 0.1) is 52.1 Å². The van der Waals surface area contributed by atoms with Crippen molar-refractivity contribution >= 4 is 59.1 Å². The number of imide groups is 1. The fraction of sp³-hybridized carbons (Fsp3) is 0.600. The van der Waals surface area contributed by atoms with Gasteiger partial charge in [0.1, 0.15) is 30.9 Å². The van der Waals surface area contributed by atoms with Crippen LogP contribution in [0.15, 0.2) is 12.2 Å². The number of carbonyl (C=O) groups is 10. The molecule has 1 aliphatic rings. The molecule has 0 fully saturated rings. The van der Waals surface area contributed by atoms with Crippen molar-refractivity contribution < 1.29 is 83.3 Å². The molecule has 0 aromatic rings. The van der Waals surface area contributed by atoms with Crippen LogP contribution in [-0.4, -0.2) is 191 Å². The lowest BCUT2D eigenvalue weighted by Gasteiger charge is -2.25. The Bertz CT molecular complexity index is 1410. The molecule has 0 saturated carbocycles. The monoisotopic (exact) mass is 790 g/mol. The third kappa shape index (κ3) is 19.9. The zero-order valence-electron chi connectivity index (χ0n) is 29.4. The summed E-state index contributed by atoms with van der Waals surface area (Å²) < 4.78 is 5.19. The summed E-state index contributed by atoms with van der Waals surface area (Å²) in [5.74, 6) is -8.34. The number of aliphatic hydroxyl groups is 5. The van der Waals surface area contributed by atoms with Crippen molar-refractivity contribution in [3.63, 3.8) is 0 Å². The summed E-state index contributed by atoms with van der Waals surface area (Å²) in [6.07, 6.45) is -6.20. The number of carboxylic acid groups (broad SMARTS) is 1. The third-order valence-electron chi connectivity index (χ3n) is 7.14. The van der Waals surface area contributed by atoms with E-state index in [4.69, 9.17) is 14.9 Å². The summed E-state index contributed by atoms with van der Waals surface area (Å²) in [5.41, 5.74) is 0. The molecule has 55 heavy (non-hydrogen) atoms. The number of aliphatic hydroxyl groups excluding tert-OH is 5. The van der Waals surface area contributed by atoms with E-state index in [9.17, 15) is 68.4 Å². The molecule has 25 heteroatoms. The highest BCUT2D eigenvalue weighted by Gasteiger charge is 2.30. The average molecular weight is 791 g/mol. The van der Waals surface area contributed by atoms with Gasteiger partial charge >= 0.3 is 5.97 Å². The molecule has 1 aliphatic heterocycles. The van der Waals surface area contributed by atoms with Crippen molar-refractivity contribution in [2.24, 2.45) is 0 Å². The van der Waals surface area contributed by atoms with Gasteiger partial charge in [-0.15, -0.1) is 0 Å². The molecule has 0 unspecified atom stereocenters. The van der Waals surface area contributed by atoms with Crippen molar-refractivity contribution in [2.45, 2.75) is 49.7 Å². The van der Waals surface area contributed by atoms with Crippen LogP contribution in [0.1, 0.15) is 19.3 Å². The number of ether oxygens (including phenoxy) is 1. The van der Waals surface area contributed by atoms with Crippen LogP contribution in [0.3, 0.4) is 0 Å². The Hall–Kier alpha value is -5.60. The first kappa shape index (κ1) is 47.4. The molecule has 0 spiro atoms. The van der Waals surface area contributed by atoms with Crippen LogP contribution in [0.2, 0.25) is 0 Å². The quantitative estimate of drug-likeness (QED) is 0.0271. The highest BCUT2D eigenvalue weighted by molar-refractivity contribution is 6.14. The Labute approximate surface area is 312 Å². The number of nitrogens with one attached hydrogen (secondary N) is 7. The van der Waals surface area contributed by atoms with Crippen LogP contribution >= 0.6 is 0 Å². The molecule has 0 bridgehead atoms. The zero-order chi connectivity index (χ0) is 41.5. The molecule has 1 rings (SSSR count). The number of nitrogens with zero attached hydrogens (tertiary/aromatic N) is 1. The summed E-state index contributed by atoms with van der Waals surface area (Å²) in [6, 6.07) is -1.45. The minimum absolute atomic E-state index is 0.00179. The second-order valence-electron chi connectivity index (χ2n) is 11.5. The first-order valence-corrected chi connectivity index (χ1v) is 16.5. The van der Waals surface area contributed by atoms with E-state index >= 15 is 0 Å². The second-order valence-corrected chi connectivity index (χ2v) is 11.5. The largest absolute Gasteiger partial charge is 0.481 e. The van der Waals surface area contributed by atoms with E-state index in [-0.39, 0.29) is 26.2 Å². The van der Waals surface area contributed by atoms with E-state index < -0.39 is 148 Å². The number of hydrogen-bond acceptors (Lipinski definition) is 16. The van der Waals surface area contributed by atoms with Crippen molar-refractivity contribution in [3.05, 3.63) is 12.2 Å². The molecule has 9 amide bonds. The maximum Gasteiger partial charge on any atom is 0.303 e. The number of carboxylic acids is 1. The maximum atomic E-state index is 12.5. The predicted octanol–water partition coefficient (Wildman–Crippen LogP) is -9.20. The van der Waals surface area contributed by atoms with E-state index in [0.717, 1.165) is 12.2 Å². The number of hydrogen-bond donors (Lipinski definition) is 13. The van der Waals surface area contributed by atoms with Gasteiger partial charge in [-0.25, -0.2) is 0 Å². The molecule has 0 aromatic heterocycles. The van der Waals surface area contributed by atoms with Crippen molar-refractivity contribution in [1.82, 2.24) is 42.1 Å². The molecule has 13 N–H and O–H groups in total. The summed E-state index contributed by atoms with van der Waals surface area (Å²) >= 11 is 0. The second kappa shape index (κ2) is 25.4. The molecule has 308 valence electrons. The smallest absolute Gasteiger partial charge is 0.303 e. The van der Waals surface area contributed by atoms with Gasteiger partial charge in [-0.1, -0.05) is 0 Å². The Kier molecular flexibility index (Phi) is 21.9. The lowest BCUT2D eigenvalue weighted by Crippen LogP contribution is -2.52. The van der Waals surface area contributed by atoms with Crippen LogP contribution in [0.5, 0.6) is 0 Å². The molecule has 0 aromatic carbocycles.